The lowest BCUT2D eigenvalue weighted by molar-refractivity contribution is 0.0952. The maximum absolute atomic E-state index is 5.69. The maximum Gasteiger partial charge on any atom is 0.216 e. The highest BCUT2D eigenvalue weighted by Crippen LogP contribution is 2.25. The molecule has 7 heteroatoms. The van der Waals surface area contributed by atoms with Crippen molar-refractivity contribution < 1.29 is 0 Å². The quantitative estimate of drug-likeness (QED) is 0.667. The van der Waals surface area contributed by atoms with Crippen LogP contribution in [0.25, 0.3) is 15.2 Å². The van der Waals surface area contributed by atoms with Crippen molar-refractivity contribution in [3.63, 3.8) is 0 Å². The molecule has 5 nitrogen and oxygen atoms in total. The fraction of sp³-hybridized carbons (Fsp3) is 0.529. The van der Waals surface area contributed by atoms with Crippen LogP contribution in [-0.4, -0.2) is 56.7 Å². The van der Waals surface area contributed by atoms with Gasteiger partial charge in [0.25, 0.3) is 0 Å². The first-order chi connectivity index (χ1) is 11.6. The molecule has 3 aromatic rings. The van der Waals surface area contributed by atoms with E-state index in [9.17, 15) is 0 Å². The summed E-state index contributed by atoms with van der Waals surface area (Å²) >= 11 is 7.39. The van der Waals surface area contributed by atoms with Gasteiger partial charge in [-0.05, 0) is 30.3 Å². The molecule has 4 rings (SSSR count). The van der Waals surface area contributed by atoms with Crippen molar-refractivity contribution in [2.75, 3.05) is 32.7 Å². The SMILES string of the molecule is CC(C)CN1CCN(Cn2nc3sc4ccccc4n3c2=S)CC1. The molecule has 0 spiro atoms. The van der Waals surface area contributed by atoms with Gasteiger partial charge in [0.15, 0.2) is 0 Å². The van der Waals surface area contributed by atoms with Crippen LogP contribution in [0.15, 0.2) is 24.3 Å². The summed E-state index contributed by atoms with van der Waals surface area (Å²) in [5.74, 6) is 0.735. The van der Waals surface area contributed by atoms with Crippen LogP contribution in [0, 0.1) is 10.7 Å². The topological polar surface area (TPSA) is 28.7 Å². The Morgan fingerprint density at radius 3 is 2.58 bits per heavy atom. The third-order valence-electron chi connectivity index (χ3n) is 4.54. The first-order valence-corrected chi connectivity index (χ1v) is 9.76. The van der Waals surface area contributed by atoms with Crippen LogP contribution < -0.4 is 0 Å². The predicted octanol–water partition coefficient (Wildman–Crippen LogP) is 3.31. The number of fused-ring (bicyclic) bond motifs is 3. The fourth-order valence-electron chi connectivity index (χ4n) is 3.40. The second-order valence-corrected chi connectivity index (χ2v) is 8.30. The van der Waals surface area contributed by atoms with Crippen molar-refractivity contribution in [2.45, 2.75) is 20.5 Å². The van der Waals surface area contributed by atoms with E-state index in [0.29, 0.717) is 0 Å². The summed E-state index contributed by atoms with van der Waals surface area (Å²) in [6, 6.07) is 8.36. The Morgan fingerprint density at radius 1 is 1.12 bits per heavy atom. The van der Waals surface area contributed by atoms with Gasteiger partial charge in [-0.15, -0.1) is 5.10 Å². The molecule has 3 heterocycles. The largest absolute Gasteiger partial charge is 0.301 e. The predicted molar refractivity (Wildman–Crippen MR) is 102 cm³/mol. The molecule has 0 N–H and O–H groups in total. The lowest BCUT2D eigenvalue weighted by Crippen LogP contribution is -2.47. The number of piperazine rings is 1. The molecule has 0 saturated carbocycles. The van der Waals surface area contributed by atoms with E-state index in [4.69, 9.17) is 17.3 Å². The first-order valence-electron chi connectivity index (χ1n) is 8.53. The van der Waals surface area contributed by atoms with Gasteiger partial charge in [0.2, 0.25) is 9.73 Å². The molecular weight excluding hydrogens is 338 g/mol. The number of rotatable bonds is 4. The third-order valence-corrected chi connectivity index (χ3v) is 5.94. The van der Waals surface area contributed by atoms with Crippen LogP contribution in [0.3, 0.4) is 0 Å². The smallest absolute Gasteiger partial charge is 0.216 e. The number of para-hydroxylation sites is 1. The highest BCUT2D eigenvalue weighted by molar-refractivity contribution is 7.71. The molecule has 1 aromatic carbocycles. The molecule has 1 aliphatic rings. The minimum atomic E-state index is 0.735. The van der Waals surface area contributed by atoms with Crippen LogP contribution in [0.1, 0.15) is 13.8 Å². The number of thiazole rings is 1. The molecule has 0 bridgehead atoms. The van der Waals surface area contributed by atoms with Crippen LogP contribution in [0.2, 0.25) is 0 Å². The zero-order valence-electron chi connectivity index (χ0n) is 14.2. The van der Waals surface area contributed by atoms with E-state index in [2.05, 4.69) is 52.3 Å². The van der Waals surface area contributed by atoms with E-state index in [0.717, 1.165) is 54.0 Å². The molecule has 0 atom stereocenters. The van der Waals surface area contributed by atoms with Crippen LogP contribution in [-0.2, 0) is 6.67 Å². The highest BCUT2D eigenvalue weighted by Gasteiger charge is 2.19. The Kier molecular flexibility index (Phi) is 4.42. The van der Waals surface area contributed by atoms with Crippen LogP contribution in [0.5, 0.6) is 0 Å². The van der Waals surface area contributed by atoms with E-state index < -0.39 is 0 Å². The summed E-state index contributed by atoms with van der Waals surface area (Å²) in [6.45, 7) is 11.0. The summed E-state index contributed by atoms with van der Waals surface area (Å²) in [5.41, 5.74) is 1.16. The second kappa shape index (κ2) is 6.55. The summed E-state index contributed by atoms with van der Waals surface area (Å²) in [6.07, 6.45) is 0. The lowest BCUT2D eigenvalue weighted by atomic mass is 10.2. The second-order valence-electron chi connectivity index (χ2n) is 6.92. The summed E-state index contributed by atoms with van der Waals surface area (Å²) in [5, 5.41) is 4.75. The maximum atomic E-state index is 5.69. The van der Waals surface area contributed by atoms with Crippen molar-refractivity contribution >= 4 is 38.7 Å². The minimum absolute atomic E-state index is 0.735. The number of hydrogen-bond donors (Lipinski definition) is 0. The van der Waals surface area contributed by atoms with Gasteiger partial charge < -0.3 is 4.90 Å². The Labute approximate surface area is 151 Å². The Morgan fingerprint density at radius 2 is 1.83 bits per heavy atom. The molecule has 128 valence electrons. The Bertz CT molecular complexity index is 899. The fourth-order valence-corrected chi connectivity index (χ4v) is 4.76. The zero-order chi connectivity index (χ0) is 16.7. The van der Waals surface area contributed by atoms with E-state index in [1.54, 1.807) is 11.3 Å². The first kappa shape index (κ1) is 16.2. The third kappa shape index (κ3) is 3.01. The van der Waals surface area contributed by atoms with Crippen molar-refractivity contribution in [3.05, 3.63) is 29.0 Å². The average molecular weight is 362 g/mol. The highest BCUT2D eigenvalue weighted by atomic mass is 32.1. The van der Waals surface area contributed by atoms with Crippen molar-refractivity contribution in [1.29, 1.82) is 0 Å². The van der Waals surface area contributed by atoms with E-state index in [1.165, 1.54) is 11.2 Å². The molecule has 2 aromatic heterocycles. The normalized spacial score (nSPS) is 17.5. The van der Waals surface area contributed by atoms with Gasteiger partial charge in [-0.25, -0.2) is 4.68 Å². The number of aromatic nitrogens is 3. The summed E-state index contributed by atoms with van der Waals surface area (Å²) in [7, 11) is 0. The van der Waals surface area contributed by atoms with E-state index in [-0.39, 0.29) is 0 Å². The monoisotopic (exact) mass is 361 g/mol. The molecule has 0 amide bonds. The standard InChI is InChI=1S/C17H23N5S2/c1-13(2)11-19-7-9-20(10-8-19)12-21-17(23)22-14-5-3-4-6-15(14)24-16(22)18-21/h3-6,13H,7-12H2,1-2H3. The Balaban J connectivity index is 1.52. The van der Waals surface area contributed by atoms with Crippen molar-refractivity contribution in [2.24, 2.45) is 5.92 Å². The van der Waals surface area contributed by atoms with E-state index >= 15 is 0 Å². The molecule has 1 aliphatic heterocycles. The van der Waals surface area contributed by atoms with Crippen molar-refractivity contribution in [1.82, 2.24) is 24.0 Å². The molecular formula is C17H23N5S2. The van der Waals surface area contributed by atoms with Crippen molar-refractivity contribution in [3.8, 4) is 0 Å². The summed E-state index contributed by atoms with van der Waals surface area (Å²) in [4.78, 5) is 5.99. The molecule has 1 fully saturated rings. The minimum Gasteiger partial charge on any atom is -0.301 e. The molecule has 0 aliphatic carbocycles. The van der Waals surface area contributed by atoms with E-state index in [1.807, 2.05) is 4.68 Å². The number of hydrogen-bond acceptors (Lipinski definition) is 5. The molecule has 24 heavy (non-hydrogen) atoms. The van der Waals surface area contributed by atoms with Gasteiger partial charge in [0.05, 0.1) is 16.9 Å². The zero-order valence-corrected chi connectivity index (χ0v) is 15.8. The van der Waals surface area contributed by atoms with Gasteiger partial charge in [-0.1, -0.05) is 37.3 Å². The molecule has 0 unspecified atom stereocenters. The summed E-state index contributed by atoms with van der Waals surface area (Å²) < 4.78 is 6.11. The van der Waals surface area contributed by atoms with Crippen LogP contribution in [0.4, 0.5) is 0 Å². The average Bonchev–Trinajstić information content (AvgIpc) is 3.06. The Hall–Kier alpha value is -1.28. The van der Waals surface area contributed by atoms with Gasteiger partial charge in [-0.3, -0.25) is 9.30 Å². The lowest BCUT2D eigenvalue weighted by Gasteiger charge is -2.35. The van der Waals surface area contributed by atoms with Gasteiger partial charge in [-0.2, -0.15) is 0 Å². The van der Waals surface area contributed by atoms with Gasteiger partial charge >= 0.3 is 0 Å². The van der Waals surface area contributed by atoms with Gasteiger partial charge in [0, 0.05) is 32.7 Å². The molecule has 1 saturated heterocycles. The number of nitrogens with zero attached hydrogens (tertiary/aromatic N) is 5. The molecule has 0 radical (unpaired) electrons. The van der Waals surface area contributed by atoms with Crippen LogP contribution >= 0.6 is 23.6 Å². The van der Waals surface area contributed by atoms with Gasteiger partial charge in [0.1, 0.15) is 0 Å². The number of benzene rings is 1.